The van der Waals surface area contributed by atoms with E-state index in [2.05, 4.69) is 4.90 Å². The van der Waals surface area contributed by atoms with E-state index in [1.165, 1.54) is 10.6 Å². The molecule has 0 amide bonds. The van der Waals surface area contributed by atoms with Gasteiger partial charge in [-0.2, -0.15) is 0 Å². The lowest BCUT2D eigenvalue weighted by Gasteiger charge is -2.32. The summed E-state index contributed by atoms with van der Waals surface area (Å²) >= 11 is 0. The quantitative estimate of drug-likeness (QED) is 0.884. The zero-order valence-corrected chi connectivity index (χ0v) is 13.7. The van der Waals surface area contributed by atoms with Gasteiger partial charge in [-0.15, -0.1) is 0 Å². The van der Waals surface area contributed by atoms with Crippen molar-refractivity contribution in [1.82, 2.24) is 4.31 Å². The number of carbonyl (C=O) groups is 1. The second-order valence-electron chi connectivity index (χ2n) is 5.79. The maximum Gasteiger partial charge on any atom is 0.306 e. The number of benzene rings is 1. The van der Waals surface area contributed by atoms with Crippen LogP contribution in [0.1, 0.15) is 18.4 Å². The molecular weight excluding hydrogens is 304 g/mol. The highest BCUT2D eigenvalue weighted by Crippen LogP contribution is 2.24. The molecule has 1 saturated heterocycles. The zero-order valence-electron chi connectivity index (χ0n) is 12.9. The topological polar surface area (TPSA) is 77.9 Å². The molecule has 7 heteroatoms. The Bertz CT molecular complexity index is 637. The SMILES string of the molecule is CN(Cc1cccc(N2CCC(C(=O)O)CC2)c1)S(C)(=O)=O. The van der Waals surface area contributed by atoms with E-state index in [0.29, 0.717) is 32.5 Å². The molecule has 1 aliphatic rings. The molecule has 22 heavy (non-hydrogen) atoms. The molecule has 2 rings (SSSR count). The Labute approximate surface area is 131 Å². The summed E-state index contributed by atoms with van der Waals surface area (Å²) in [6, 6.07) is 7.76. The van der Waals surface area contributed by atoms with Crippen molar-refractivity contribution in [3.8, 4) is 0 Å². The van der Waals surface area contributed by atoms with E-state index < -0.39 is 16.0 Å². The molecule has 0 unspecified atom stereocenters. The van der Waals surface area contributed by atoms with Gasteiger partial charge in [0.25, 0.3) is 0 Å². The summed E-state index contributed by atoms with van der Waals surface area (Å²) in [5, 5.41) is 9.03. The van der Waals surface area contributed by atoms with E-state index in [-0.39, 0.29) is 5.92 Å². The first-order chi connectivity index (χ1) is 10.3. The van der Waals surface area contributed by atoms with E-state index in [0.717, 1.165) is 11.3 Å². The second kappa shape index (κ2) is 6.66. The highest BCUT2D eigenvalue weighted by atomic mass is 32.2. The number of rotatable bonds is 5. The van der Waals surface area contributed by atoms with Crippen LogP contribution in [-0.2, 0) is 21.4 Å². The monoisotopic (exact) mass is 326 g/mol. The molecule has 0 aliphatic carbocycles. The fraction of sp³-hybridized carbons (Fsp3) is 0.533. The van der Waals surface area contributed by atoms with Gasteiger partial charge in [0.15, 0.2) is 0 Å². The number of hydrogen-bond acceptors (Lipinski definition) is 4. The zero-order chi connectivity index (χ0) is 16.3. The van der Waals surface area contributed by atoms with Crippen molar-refractivity contribution in [2.24, 2.45) is 5.92 Å². The molecule has 0 radical (unpaired) electrons. The van der Waals surface area contributed by atoms with Gasteiger partial charge in [-0.25, -0.2) is 12.7 Å². The molecule has 122 valence electrons. The fourth-order valence-corrected chi connectivity index (χ4v) is 2.99. The summed E-state index contributed by atoms with van der Waals surface area (Å²) in [6.07, 6.45) is 2.47. The van der Waals surface area contributed by atoms with Gasteiger partial charge in [0, 0.05) is 32.4 Å². The van der Waals surface area contributed by atoms with Crippen LogP contribution in [0.4, 0.5) is 5.69 Å². The molecule has 1 heterocycles. The third-order valence-electron chi connectivity index (χ3n) is 4.09. The summed E-state index contributed by atoms with van der Waals surface area (Å²) < 4.78 is 24.3. The predicted molar refractivity (Wildman–Crippen MR) is 85.3 cm³/mol. The van der Waals surface area contributed by atoms with Crippen LogP contribution in [-0.4, -0.2) is 50.2 Å². The lowest BCUT2D eigenvalue weighted by Crippen LogP contribution is -2.36. The minimum absolute atomic E-state index is 0.254. The largest absolute Gasteiger partial charge is 0.481 e. The smallest absolute Gasteiger partial charge is 0.306 e. The molecule has 6 nitrogen and oxygen atoms in total. The highest BCUT2D eigenvalue weighted by Gasteiger charge is 2.24. The number of aliphatic carboxylic acids is 1. The van der Waals surface area contributed by atoms with E-state index in [4.69, 9.17) is 5.11 Å². The van der Waals surface area contributed by atoms with Crippen LogP contribution < -0.4 is 4.90 Å². The number of nitrogens with zero attached hydrogens (tertiary/aromatic N) is 2. The lowest BCUT2D eigenvalue weighted by atomic mass is 9.96. The highest BCUT2D eigenvalue weighted by molar-refractivity contribution is 7.88. The molecule has 1 aromatic rings. The average Bonchev–Trinajstić information content (AvgIpc) is 2.46. The molecule has 0 atom stereocenters. The number of hydrogen-bond donors (Lipinski definition) is 1. The van der Waals surface area contributed by atoms with Crippen LogP contribution in [0.25, 0.3) is 0 Å². The molecule has 1 aliphatic heterocycles. The minimum atomic E-state index is -3.20. The van der Waals surface area contributed by atoms with Crippen LogP contribution in [0.15, 0.2) is 24.3 Å². The molecule has 1 N–H and O–H groups in total. The first-order valence-corrected chi connectivity index (χ1v) is 9.10. The second-order valence-corrected chi connectivity index (χ2v) is 7.88. The Morgan fingerprint density at radius 1 is 1.36 bits per heavy atom. The summed E-state index contributed by atoms with van der Waals surface area (Å²) in [6.45, 7) is 1.75. The number of piperidine rings is 1. The summed E-state index contributed by atoms with van der Waals surface area (Å²) in [7, 11) is -1.65. The molecular formula is C15H22N2O4S. The Kier molecular flexibility index (Phi) is 5.08. The van der Waals surface area contributed by atoms with Crippen LogP contribution in [0.2, 0.25) is 0 Å². The molecule has 0 bridgehead atoms. The number of sulfonamides is 1. The molecule has 1 fully saturated rings. The van der Waals surface area contributed by atoms with Crippen LogP contribution in [0.5, 0.6) is 0 Å². The van der Waals surface area contributed by atoms with Gasteiger partial charge in [0.1, 0.15) is 0 Å². The summed E-state index contributed by atoms with van der Waals surface area (Å²) in [5.41, 5.74) is 1.94. The summed E-state index contributed by atoms with van der Waals surface area (Å²) in [5.74, 6) is -0.973. The predicted octanol–water partition coefficient (Wildman–Crippen LogP) is 1.38. The first kappa shape index (κ1) is 16.8. The standard InChI is InChI=1S/C15H22N2O4S/c1-16(22(2,20)21)11-12-4-3-5-14(10-12)17-8-6-13(7-9-17)15(18)19/h3-5,10,13H,6-9,11H2,1-2H3,(H,18,19). The van der Waals surface area contributed by atoms with Gasteiger partial charge in [-0.1, -0.05) is 12.1 Å². The minimum Gasteiger partial charge on any atom is -0.481 e. The van der Waals surface area contributed by atoms with Crippen molar-refractivity contribution in [3.05, 3.63) is 29.8 Å². The number of carboxylic acid groups (broad SMARTS) is 1. The normalized spacial score (nSPS) is 17.0. The summed E-state index contributed by atoms with van der Waals surface area (Å²) in [4.78, 5) is 13.1. The number of carboxylic acids is 1. The van der Waals surface area contributed by atoms with Gasteiger partial charge in [0.2, 0.25) is 10.0 Å². The molecule has 0 spiro atoms. The van der Waals surface area contributed by atoms with E-state index in [1.54, 1.807) is 7.05 Å². The van der Waals surface area contributed by atoms with Crippen LogP contribution >= 0.6 is 0 Å². The molecule has 0 saturated carbocycles. The van der Waals surface area contributed by atoms with E-state index in [9.17, 15) is 13.2 Å². The van der Waals surface area contributed by atoms with Crippen LogP contribution in [0.3, 0.4) is 0 Å². The van der Waals surface area contributed by atoms with Crippen molar-refractivity contribution in [1.29, 1.82) is 0 Å². The maximum atomic E-state index is 11.5. The molecule has 1 aromatic carbocycles. The van der Waals surface area contributed by atoms with Gasteiger partial charge in [-0.05, 0) is 30.5 Å². The maximum absolute atomic E-state index is 11.5. The molecule has 0 aromatic heterocycles. The van der Waals surface area contributed by atoms with Crippen molar-refractivity contribution < 1.29 is 18.3 Å². The van der Waals surface area contributed by atoms with Gasteiger partial charge < -0.3 is 10.0 Å². The lowest BCUT2D eigenvalue weighted by molar-refractivity contribution is -0.142. The van der Waals surface area contributed by atoms with Crippen LogP contribution in [0, 0.1) is 5.92 Å². The van der Waals surface area contributed by atoms with E-state index in [1.807, 2.05) is 24.3 Å². The van der Waals surface area contributed by atoms with Crippen molar-refractivity contribution in [2.45, 2.75) is 19.4 Å². The van der Waals surface area contributed by atoms with Gasteiger partial charge >= 0.3 is 5.97 Å². The third kappa shape index (κ3) is 4.20. The van der Waals surface area contributed by atoms with E-state index >= 15 is 0 Å². The Hall–Kier alpha value is -1.60. The number of anilines is 1. The average molecular weight is 326 g/mol. The van der Waals surface area contributed by atoms with Crippen molar-refractivity contribution in [3.63, 3.8) is 0 Å². The van der Waals surface area contributed by atoms with Gasteiger partial charge in [-0.3, -0.25) is 4.79 Å². The fourth-order valence-electron chi connectivity index (χ4n) is 2.61. The Morgan fingerprint density at radius 3 is 2.55 bits per heavy atom. The van der Waals surface area contributed by atoms with Gasteiger partial charge in [0.05, 0.1) is 12.2 Å². The van der Waals surface area contributed by atoms with Crippen molar-refractivity contribution >= 4 is 21.7 Å². The third-order valence-corrected chi connectivity index (χ3v) is 5.35. The Morgan fingerprint density at radius 2 is 2.00 bits per heavy atom. The Balaban J connectivity index is 2.05. The first-order valence-electron chi connectivity index (χ1n) is 7.25. The van der Waals surface area contributed by atoms with Crippen molar-refractivity contribution in [2.75, 3.05) is 31.3 Å².